The van der Waals surface area contributed by atoms with Crippen LogP contribution in [0, 0.1) is 11.3 Å². The highest BCUT2D eigenvalue weighted by Gasteiger charge is 2.14. The molecule has 1 aromatic rings. The molecule has 0 bridgehead atoms. The van der Waals surface area contributed by atoms with Gasteiger partial charge in [-0.1, -0.05) is 19.1 Å². The van der Waals surface area contributed by atoms with E-state index in [2.05, 4.69) is 6.07 Å². The Morgan fingerprint density at radius 3 is 2.67 bits per heavy atom. The van der Waals surface area contributed by atoms with Gasteiger partial charge in [0.2, 0.25) is 0 Å². The van der Waals surface area contributed by atoms with Gasteiger partial charge in [0.05, 0.1) is 23.5 Å². The molecule has 3 nitrogen and oxygen atoms in total. The first-order valence-corrected chi connectivity index (χ1v) is 6.99. The summed E-state index contributed by atoms with van der Waals surface area (Å²) >= 11 is 1.54. The van der Waals surface area contributed by atoms with Gasteiger partial charge >= 0.3 is 5.97 Å². The van der Waals surface area contributed by atoms with Crippen LogP contribution in [0.3, 0.4) is 0 Å². The Morgan fingerprint density at radius 2 is 2.11 bits per heavy atom. The number of esters is 1. The normalized spacial score (nSPS) is 11.6. The van der Waals surface area contributed by atoms with Crippen LogP contribution in [0.5, 0.6) is 0 Å². The fourth-order valence-corrected chi connectivity index (χ4v) is 2.12. The number of ether oxygens (including phenoxy) is 1. The molecule has 1 atom stereocenters. The first-order chi connectivity index (χ1) is 8.67. The standard InChI is InChI=1S/C14H17NO2S/c1-3-8-17-14(16)11(2)18-10-13-6-4-12(9-15)5-7-13/h4-7,11H,3,8,10H2,1-2H3. The topological polar surface area (TPSA) is 50.1 Å². The summed E-state index contributed by atoms with van der Waals surface area (Å²) in [6.07, 6.45) is 0.846. The highest BCUT2D eigenvalue weighted by molar-refractivity contribution is 7.99. The second kappa shape index (κ2) is 7.78. The van der Waals surface area contributed by atoms with E-state index in [1.165, 1.54) is 0 Å². The number of carbonyl (C=O) groups excluding carboxylic acids is 1. The van der Waals surface area contributed by atoms with Gasteiger partial charge in [-0.2, -0.15) is 5.26 Å². The predicted molar refractivity (Wildman–Crippen MR) is 73.2 cm³/mol. The lowest BCUT2D eigenvalue weighted by Gasteiger charge is -2.10. The SMILES string of the molecule is CCCOC(=O)C(C)SCc1ccc(C#N)cc1. The van der Waals surface area contributed by atoms with Crippen LogP contribution >= 0.6 is 11.8 Å². The van der Waals surface area contributed by atoms with E-state index in [9.17, 15) is 4.79 Å². The molecule has 0 heterocycles. The van der Waals surface area contributed by atoms with Crippen LogP contribution in [-0.4, -0.2) is 17.8 Å². The Morgan fingerprint density at radius 1 is 1.44 bits per heavy atom. The Bertz CT molecular complexity index is 422. The quantitative estimate of drug-likeness (QED) is 0.740. The zero-order valence-electron chi connectivity index (χ0n) is 10.7. The van der Waals surface area contributed by atoms with Crippen LogP contribution in [0.1, 0.15) is 31.4 Å². The zero-order valence-corrected chi connectivity index (χ0v) is 11.5. The van der Waals surface area contributed by atoms with Gasteiger partial charge in [0.25, 0.3) is 0 Å². The van der Waals surface area contributed by atoms with Crippen LogP contribution in [-0.2, 0) is 15.3 Å². The van der Waals surface area contributed by atoms with Crippen molar-refractivity contribution in [3.63, 3.8) is 0 Å². The first kappa shape index (κ1) is 14.6. The summed E-state index contributed by atoms with van der Waals surface area (Å²) in [5.41, 5.74) is 1.76. The molecular formula is C14H17NO2S. The van der Waals surface area contributed by atoms with Crippen molar-refractivity contribution in [3.05, 3.63) is 35.4 Å². The molecule has 1 rings (SSSR count). The van der Waals surface area contributed by atoms with Crippen molar-refractivity contribution in [2.75, 3.05) is 6.61 Å². The second-order valence-corrected chi connectivity index (χ2v) is 5.26. The maximum atomic E-state index is 11.5. The van der Waals surface area contributed by atoms with E-state index in [1.54, 1.807) is 23.9 Å². The molecule has 0 aliphatic carbocycles. The van der Waals surface area contributed by atoms with Crippen molar-refractivity contribution in [1.82, 2.24) is 0 Å². The number of rotatable bonds is 6. The van der Waals surface area contributed by atoms with Crippen LogP contribution in [0.25, 0.3) is 0 Å². The van der Waals surface area contributed by atoms with Gasteiger partial charge in [0, 0.05) is 5.75 Å². The minimum Gasteiger partial charge on any atom is -0.465 e. The number of nitriles is 1. The average Bonchev–Trinajstić information content (AvgIpc) is 2.42. The fourth-order valence-electron chi connectivity index (χ4n) is 1.28. The number of thioether (sulfide) groups is 1. The van der Waals surface area contributed by atoms with Gasteiger partial charge in [0.1, 0.15) is 0 Å². The molecule has 96 valence electrons. The monoisotopic (exact) mass is 263 g/mol. The maximum Gasteiger partial charge on any atom is 0.318 e. The van der Waals surface area contributed by atoms with Crippen molar-refractivity contribution in [1.29, 1.82) is 5.26 Å². The van der Waals surface area contributed by atoms with Gasteiger partial charge in [0.15, 0.2) is 0 Å². The van der Waals surface area contributed by atoms with Crippen molar-refractivity contribution >= 4 is 17.7 Å². The third-order valence-electron chi connectivity index (χ3n) is 2.36. The molecule has 0 saturated carbocycles. The third kappa shape index (κ3) is 4.80. The van der Waals surface area contributed by atoms with Crippen molar-refractivity contribution in [3.8, 4) is 6.07 Å². The number of benzene rings is 1. The Hall–Kier alpha value is -1.47. The molecule has 1 aromatic carbocycles. The van der Waals surface area contributed by atoms with E-state index in [0.717, 1.165) is 17.7 Å². The summed E-state index contributed by atoms with van der Waals surface area (Å²) in [6.45, 7) is 4.31. The molecule has 0 N–H and O–H groups in total. The summed E-state index contributed by atoms with van der Waals surface area (Å²) in [4.78, 5) is 11.5. The number of hydrogen-bond acceptors (Lipinski definition) is 4. The van der Waals surface area contributed by atoms with Crippen LogP contribution in [0.4, 0.5) is 0 Å². The van der Waals surface area contributed by atoms with Gasteiger partial charge in [-0.25, -0.2) is 0 Å². The average molecular weight is 263 g/mol. The minimum absolute atomic E-state index is 0.157. The van der Waals surface area contributed by atoms with E-state index >= 15 is 0 Å². The maximum absolute atomic E-state index is 11.5. The van der Waals surface area contributed by atoms with Crippen molar-refractivity contribution < 1.29 is 9.53 Å². The zero-order chi connectivity index (χ0) is 13.4. The summed E-state index contributed by atoms with van der Waals surface area (Å²) in [7, 11) is 0. The number of carbonyl (C=O) groups is 1. The molecule has 0 saturated heterocycles. The molecule has 0 amide bonds. The van der Waals surface area contributed by atoms with Gasteiger partial charge in [-0.3, -0.25) is 4.79 Å². The van der Waals surface area contributed by atoms with E-state index in [4.69, 9.17) is 10.00 Å². The van der Waals surface area contributed by atoms with Gasteiger partial charge < -0.3 is 4.74 Å². The molecule has 0 radical (unpaired) electrons. The highest BCUT2D eigenvalue weighted by Crippen LogP contribution is 2.19. The molecule has 0 aliphatic rings. The Kier molecular flexibility index (Phi) is 6.31. The predicted octanol–water partition coefficient (Wildman–Crippen LogP) is 3.13. The largest absolute Gasteiger partial charge is 0.465 e. The summed E-state index contributed by atoms with van der Waals surface area (Å²) in [5, 5.41) is 8.53. The molecule has 1 unspecified atom stereocenters. The summed E-state index contributed by atoms with van der Waals surface area (Å²) in [5.74, 6) is 0.587. The van der Waals surface area contributed by atoms with Crippen molar-refractivity contribution in [2.45, 2.75) is 31.3 Å². The first-order valence-electron chi connectivity index (χ1n) is 5.94. The second-order valence-electron chi connectivity index (χ2n) is 3.93. The van der Waals surface area contributed by atoms with Crippen LogP contribution < -0.4 is 0 Å². The van der Waals surface area contributed by atoms with Gasteiger partial charge in [-0.05, 0) is 31.0 Å². The highest BCUT2D eigenvalue weighted by atomic mass is 32.2. The molecular weight excluding hydrogens is 246 g/mol. The van der Waals surface area contributed by atoms with E-state index in [-0.39, 0.29) is 11.2 Å². The lowest BCUT2D eigenvalue weighted by Crippen LogP contribution is -2.17. The number of hydrogen-bond donors (Lipinski definition) is 0. The van der Waals surface area contributed by atoms with Crippen LogP contribution in [0.2, 0.25) is 0 Å². The summed E-state index contributed by atoms with van der Waals surface area (Å²) < 4.78 is 5.08. The molecule has 4 heteroatoms. The molecule has 0 fully saturated rings. The summed E-state index contributed by atoms with van der Waals surface area (Å²) in [6, 6.07) is 9.48. The Balaban J connectivity index is 2.39. The van der Waals surface area contributed by atoms with Crippen molar-refractivity contribution in [2.24, 2.45) is 0 Å². The van der Waals surface area contributed by atoms with E-state index in [1.807, 2.05) is 26.0 Å². The fraction of sp³-hybridized carbons (Fsp3) is 0.429. The molecule has 0 spiro atoms. The molecule has 18 heavy (non-hydrogen) atoms. The minimum atomic E-state index is -0.160. The lowest BCUT2D eigenvalue weighted by atomic mass is 10.2. The molecule has 0 aliphatic heterocycles. The Labute approximate surface area is 112 Å². The third-order valence-corrected chi connectivity index (χ3v) is 3.56. The van der Waals surface area contributed by atoms with Crippen LogP contribution in [0.15, 0.2) is 24.3 Å². The van der Waals surface area contributed by atoms with E-state index in [0.29, 0.717) is 12.2 Å². The van der Waals surface area contributed by atoms with Gasteiger partial charge in [-0.15, -0.1) is 11.8 Å². The van der Waals surface area contributed by atoms with E-state index < -0.39 is 0 Å². The molecule has 0 aromatic heterocycles. The lowest BCUT2D eigenvalue weighted by molar-refractivity contribution is -0.142. The smallest absolute Gasteiger partial charge is 0.318 e. The number of nitrogens with zero attached hydrogens (tertiary/aromatic N) is 1.